The molecule has 2 heterocycles. The van der Waals surface area contributed by atoms with Gasteiger partial charge in [-0.15, -0.1) is 0 Å². The van der Waals surface area contributed by atoms with Crippen LogP contribution in [0.1, 0.15) is 13.3 Å². The lowest BCUT2D eigenvalue weighted by molar-refractivity contribution is 0.0689. The first-order valence-electron chi connectivity index (χ1n) is 5.90. The summed E-state index contributed by atoms with van der Waals surface area (Å²) in [5.74, 6) is 0.826. The maximum Gasteiger partial charge on any atom is 0.0146 e. The highest BCUT2D eigenvalue weighted by molar-refractivity contribution is 4.85. The molecule has 2 aliphatic rings. The summed E-state index contributed by atoms with van der Waals surface area (Å²) in [4.78, 5) is 5.13. The monoisotopic (exact) mass is 197 g/mol. The van der Waals surface area contributed by atoms with Crippen molar-refractivity contribution in [3.05, 3.63) is 0 Å². The molecule has 0 saturated carbocycles. The summed E-state index contributed by atoms with van der Waals surface area (Å²) in [5, 5.41) is 3.48. The van der Waals surface area contributed by atoms with E-state index in [1.165, 1.54) is 45.7 Å². The van der Waals surface area contributed by atoms with Crippen LogP contribution in [0.2, 0.25) is 0 Å². The average Bonchev–Trinajstić information content (AvgIpc) is 2.20. The van der Waals surface area contributed by atoms with E-state index in [-0.39, 0.29) is 0 Å². The molecule has 0 bridgehead atoms. The van der Waals surface area contributed by atoms with Gasteiger partial charge in [0, 0.05) is 32.2 Å². The Hall–Kier alpha value is -0.120. The number of nitrogens with zero attached hydrogens (tertiary/aromatic N) is 2. The number of piperazine rings is 1. The van der Waals surface area contributed by atoms with Crippen molar-refractivity contribution >= 4 is 0 Å². The number of hydrogen-bond donors (Lipinski definition) is 1. The highest BCUT2D eigenvalue weighted by atomic mass is 15.3. The molecule has 0 aliphatic carbocycles. The molecule has 0 spiro atoms. The van der Waals surface area contributed by atoms with E-state index in [4.69, 9.17) is 0 Å². The second kappa shape index (κ2) is 4.60. The molecule has 2 aliphatic heterocycles. The maximum absolute atomic E-state index is 3.48. The van der Waals surface area contributed by atoms with Crippen molar-refractivity contribution in [2.24, 2.45) is 5.92 Å². The van der Waals surface area contributed by atoms with E-state index in [0.29, 0.717) is 0 Å². The standard InChI is InChI=1S/C11H23N3/c1-10-9-12-4-3-11(10)14-7-5-13(2)6-8-14/h10-12H,3-9H2,1-2H3/t10-,11+/m0/s1. The molecular formula is C11H23N3. The van der Waals surface area contributed by atoms with Gasteiger partial charge in [0.25, 0.3) is 0 Å². The van der Waals surface area contributed by atoms with Gasteiger partial charge in [-0.2, -0.15) is 0 Å². The second-order valence-corrected chi connectivity index (χ2v) is 4.88. The third kappa shape index (κ3) is 2.27. The van der Waals surface area contributed by atoms with Crippen molar-refractivity contribution in [2.45, 2.75) is 19.4 Å². The summed E-state index contributed by atoms with van der Waals surface area (Å²) in [5.41, 5.74) is 0. The number of nitrogens with one attached hydrogen (secondary N) is 1. The Kier molecular flexibility index (Phi) is 3.42. The first-order chi connectivity index (χ1) is 6.77. The molecule has 0 aromatic heterocycles. The van der Waals surface area contributed by atoms with Crippen LogP contribution in [0.15, 0.2) is 0 Å². The molecule has 1 N–H and O–H groups in total. The van der Waals surface area contributed by atoms with Crippen LogP contribution < -0.4 is 5.32 Å². The first-order valence-corrected chi connectivity index (χ1v) is 5.90. The smallest absolute Gasteiger partial charge is 0.0146 e. The molecule has 2 atom stereocenters. The Morgan fingerprint density at radius 1 is 1.14 bits per heavy atom. The second-order valence-electron chi connectivity index (χ2n) is 4.88. The van der Waals surface area contributed by atoms with Crippen LogP contribution in [-0.2, 0) is 0 Å². The zero-order valence-corrected chi connectivity index (χ0v) is 9.50. The Morgan fingerprint density at radius 3 is 2.50 bits per heavy atom. The van der Waals surface area contributed by atoms with E-state index in [2.05, 4.69) is 29.1 Å². The molecule has 2 rings (SSSR count). The Morgan fingerprint density at radius 2 is 1.86 bits per heavy atom. The summed E-state index contributed by atoms with van der Waals surface area (Å²) in [6.45, 7) is 9.83. The summed E-state index contributed by atoms with van der Waals surface area (Å²) in [6, 6.07) is 0.838. The van der Waals surface area contributed by atoms with Crippen molar-refractivity contribution in [1.82, 2.24) is 15.1 Å². The largest absolute Gasteiger partial charge is 0.316 e. The van der Waals surface area contributed by atoms with E-state index < -0.39 is 0 Å². The van der Waals surface area contributed by atoms with Crippen molar-refractivity contribution in [1.29, 1.82) is 0 Å². The third-order valence-electron chi connectivity index (χ3n) is 3.75. The number of piperidine rings is 1. The minimum atomic E-state index is 0.826. The van der Waals surface area contributed by atoms with Gasteiger partial charge in [-0.1, -0.05) is 6.92 Å². The Labute approximate surface area is 87.4 Å². The predicted octanol–water partition coefficient (Wildman–Crippen LogP) is 0.232. The van der Waals surface area contributed by atoms with E-state index in [1.54, 1.807) is 0 Å². The molecule has 0 aromatic rings. The lowest BCUT2D eigenvalue weighted by Gasteiger charge is -2.42. The molecule has 0 aromatic carbocycles. The van der Waals surface area contributed by atoms with Crippen LogP contribution in [0.5, 0.6) is 0 Å². The van der Waals surface area contributed by atoms with Crippen LogP contribution in [0.4, 0.5) is 0 Å². The van der Waals surface area contributed by atoms with Gasteiger partial charge >= 0.3 is 0 Å². The zero-order chi connectivity index (χ0) is 9.97. The lowest BCUT2D eigenvalue weighted by Crippen LogP contribution is -2.54. The molecule has 14 heavy (non-hydrogen) atoms. The highest BCUT2D eigenvalue weighted by Crippen LogP contribution is 2.18. The lowest BCUT2D eigenvalue weighted by atomic mass is 9.93. The van der Waals surface area contributed by atoms with E-state index in [9.17, 15) is 0 Å². The first kappa shape index (κ1) is 10.4. The minimum Gasteiger partial charge on any atom is -0.316 e. The molecule has 0 unspecified atom stereocenters. The van der Waals surface area contributed by atoms with Gasteiger partial charge < -0.3 is 10.2 Å². The fraction of sp³-hybridized carbons (Fsp3) is 1.00. The Bertz CT molecular complexity index is 175. The highest BCUT2D eigenvalue weighted by Gasteiger charge is 2.28. The van der Waals surface area contributed by atoms with Crippen LogP contribution in [0.25, 0.3) is 0 Å². The van der Waals surface area contributed by atoms with Gasteiger partial charge in [0.1, 0.15) is 0 Å². The normalized spacial score (nSPS) is 37.3. The summed E-state index contributed by atoms with van der Waals surface area (Å²) >= 11 is 0. The average molecular weight is 197 g/mol. The number of hydrogen-bond acceptors (Lipinski definition) is 3. The fourth-order valence-corrected chi connectivity index (χ4v) is 2.70. The van der Waals surface area contributed by atoms with Crippen molar-refractivity contribution in [3.8, 4) is 0 Å². The van der Waals surface area contributed by atoms with E-state index >= 15 is 0 Å². The minimum absolute atomic E-state index is 0.826. The predicted molar refractivity (Wildman–Crippen MR) is 59.5 cm³/mol. The topological polar surface area (TPSA) is 18.5 Å². The summed E-state index contributed by atoms with van der Waals surface area (Å²) in [6.07, 6.45) is 1.34. The maximum atomic E-state index is 3.48. The van der Waals surface area contributed by atoms with Gasteiger partial charge in [-0.05, 0) is 32.5 Å². The molecule has 0 radical (unpaired) electrons. The molecule has 3 heteroatoms. The SMILES string of the molecule is C[C@H]1CNCC[C@H]1N1CCN(C)CC1. The van der Waals surface area contributed by atoms with Crippen LogP contribution in [0, 0.1) is 5.92 Å². The van der Waals surface area contributed by atoms with Crippen LogP contribution in [0.3, 0.4) is 0 Å². The van der Waals surface area contributed by atoms with Crippen LogP contribution >= 0.6 is 0 Å². The van der Waals surface area contributed by atoms with Crippen molar-refractivity contribution in [3.63, 3.8) is 0 Å². The Balaban J connectivity index is 1.87. The molecular weight excluding hydrogens is 174 g/mol. The molecule has 3 nitrogen and oxygen atoms in total. The van der Waals surface area contributed by atoms with Gasteiger partial charge in [-0.25, -0.2) is 0 Å². The van der Waals surface area contributed by atoms with Gasteiger partial charge in [0.05, 0.1) is 0 Å². The molecule has 2 saturated heterocycles. The quantitative estimate of drug-likeness (QED) is 0.649. The summed E-state index contributed by atoms with van der Waals surface area (Å²) in [7, 11) is 2.23. The fourth-order valence-electron chi connectivity index (χ4n) is 2.70. The van der Waals surface area contributed by atoms with E-state index in [0.717, 1.165) is 12.0 Å². The number of likely N-dealkylation sites (N-methyl/N-ethyl adjacent to an activating group) is 1. The van der Waals surface area contributed by atoms with Crippen LogP contribution in [-0.4, -0.2) is 62.2 Å². The molecule has 0 amide bonds. The number of rotatable bonds is 1. The van der Waals surface area contributed by atoms with E-state index in [1.807, 2.05) is 0 Å². The zero-order valence-electron chi connectivity index (χ0n) is 9.50. The van der Waals surface area contributed by atoms with Gasteiger partial charge in [-0.3, -0.25) is 4.90 Å². The third-order valence-corrected chi connectivity index (χ3v) is 3.75. The molecule has 82 valence electrons. The van der Waals surface area contributed by atoms with Gasteiger partial charge in [0.2, 0.25) is 0 Å². The summed E-state index contributed by atoms with van der Waals surface area (Å²) < 4.78 is 0. The van der Waals surface area contributed by atoms with Crippen molar-refractivity contribution in [2.75, 3.05) is 46.3 Å². The van der Waals surface area contributed by atoms with Crippen molar-refractivity contribution < 1.29 is 0 Å². The molecule has 2 fully saturated rings. The van der Waals surface area contributed by atoms with Gasteiger partial charge in [0.15, 0.2) is 0 Å².